The monoisotopic (exact) mass is 309 g/mol. The lowest BCUT2D eigenvalue weighted by atomic mass is 10.1. The highest BCUT2D eigenvalue weighted by atomic mass is 32.2. The summed E-state index contributed by atoms with van der Waals surface area (Å²) in [6, 6.07) is 8.05. The van der Waals surface area contributed by atoms with Crippen LogP contribution in [0, 0.1) is 0 Å². The third kappa shape index (κ3) is 4.58. The predicted octanol–water partition coefficient (Wildman–Crippen LogP) is 2.22. The largest absolute Gasteiger partial charge is 0.497 e. The maximum atomic E-state index is 11.5. The summed E-state index contributed by atoms with van der Waals surface area (Å²) >= 11 is 0. The van der Waals surface area contributed by atoms with E-state index in [1.807, 2.05) is 31.3 Å². The molecule has 1 aliphatic rings. The summed E-state index contributed by atoms with van der Waals surface area (Å²) in [6.45, 7) is 2.86. The van der Waals surface area contributed by atoms with Crippen LogP contribution in [0.1, 0.15) is 18.9 Å². The van der Waals surface area contributed by atoms with E-state index >= 15 is 0 Å². The maximum Gasteiger partial charge on any atom is 0.151 e. The van der Waals surface area contributed by atoms with E-state index in [4.69, 9.17) is 4.74 Å². The van der Waals surface area contributed by atoms with Crippen molar-refractivity contribution < 1.29 is 13.2 Å². The van der Waals surface area contributed by atoms with Crippen LogP contribution in [-0.2, 0) is 9.84 Å². The molecule has 1 heterocycles. The molecule has 0 aromatic heterocycles. The molecule has 1 aromatic carbocycles. The Morgan fingerprint density at radius 2 is 2.05 bits per heavy atom. The minimum atomic E-state index is -2.82. The summed E-state index contributed by atoms with van der Waals surface area (Å²) in [5, 5.41) is 0. The number of sulfone groups is 1. The van der Waals surface area contributed by atoms with Gasteiger partial charge in [0.1, 0.15) is 5.75 Å². The van der Waals surface area contributed by atoms with Crippen LogP contribution in [0.25, 0.3) is 6.08 Å². The standard InChI is InChI=1S/C16H23NO3S/c1-13(10-14-4-6-16(20-3)7-5-14)11-17(2)15-8-9-21(18,19)12-15/h4-7,10,15H,8-9,11-12H2,1-3H3/b13-10+. The van der Waals surface area contributed by atoms with Gasteiger partial charge in [0.05, 0.1) is 18.6 Å². The van der Waals surface area contributed by atoms with Gasteiger partial charge in [-0.1, -0.05) is 23.8 Å². The summed E-state index contributed by atoms with van der Waals surface area (Å²) in [6.07, 6.45) is 2.87. The van der Waals surface area contributed by atoms with Crippen molar-refractivity contribution in [3.63, 3.8) is 0 Å². The highest BCUT2D eigenvalue weighted by Gasteiger charge is 2.30. The molecule has 1 atom stereocenters. The second-order valence-corrected chi connectivity index (χ2v) is 7.96. The average molecular weight is 309 g/mol. The lowest BCUT2D eigenvalue weighted by Crippen LogP contribution is -2.33. The number of ether oxygens (including phenoxy) is 1. The Kier molecular flexibility index (Phi) is 5.06. The van der Waals surface area contributed by atoms with E-state index in [0.29, 0.717) is 11.5 Å². The second kappa shape index (κ2) is 6.62. The first-order valence-corrected chi connectivity index (χ1v) is 8.93. The zero-order chi connectivity index (χ0) is 15.5. The lowest BCUT2D eigenvalue weighted by molar-refractivity contribution is 0.284. The number of likely N-dealkylation sites (N-methyl/N-ethyl adjacent to an activating group) is 1. The first-order valence-electron chi connectivity index (χ1n) is 7.11. The van der Waals surface area contributed by atoms with Crippen molar-refractivity contribution in [3.8, 4) is 5.75 Å². The number of methoxy groups -OCH3 is 1. The van der Waals surface area contributed by atoms with Crippen molar-refractivity contribution in [1.82, 2.24) is 4.90 Å². The van der Waals surface area contributed by atoms with E-state index in [1.165, 1.54) is 5.57 Å². The van der Waals surface area contributed by atoms with Crippen LogP contribution in [0.3, 0.4) is 0 Å². The molecule has 5 heteroatoms. The Morgan fingerprint density at radius 3 is 2.57 bits per heavy atom. The first kappa shape index (κ1) is 16.0. The summed E-state index contributed by atoms with van der Waals surface area (Å²) in [4.78, 5) is 2.14. The van der Waals surface area contributed by atoms with Gasteiger partial charge in [0.25, 0.3) is 0 Å². The summed E-state index contributed by atoms with van der Waals surface area (Å²) in [5.74, 6) is 1.46. The molecule has 0 spiro atoms. The number of benzene rings is 1. The minimum Gasteiger partial charge on any atom is -0.497 e. The zero-order valence-corrected chi connectivity index (χ0v) is 13.7. The molecule has 1 saturated heterocycles. The van der Waals surface area contributed by atoms with Crippen molar-refractivity contribution >= 4 is 15.9 Å². The molecule has 1 fully saturated rings. The van der Waals surface area contributed by atoms with Crippen LogP contribution in [0.4, 0.5) is 0 Å². The van der Waals surface area contributed by atoms with E-state index in [0.717, 1.165) is 24.3 Å². The molecule has 0 radical (unpaired) electrons. The molecular formula is C16H23NO3S. The van der Waals surface area contributed by atoms with E-state index in [1.54, 1.807) is 7.11 Å². The van der Waals surface area contributed by atoms with Gasteiger partial charge in [-0.3, -0.25) is 4.90 Å². The Bertz CT molecular complexity index is 605. The van der Waals surface area contributed by atoms with Crippen molar-refractivity contribution in [2.45, 2.75) is 19.4 Å². The fourth-order valence-electron chi connectivity index (χ4n) is 2.68. The highest BCUT2D eigenvalue weighted by Crippen LogP contribution is 2.18. The van der Waals surface area contributed by atoms with Crippen LogP contribution >= 0.6 is 0 Å². The van der Waals surface area contributed by atoms with Gasteiger partial charge in [0.2, 0.25) is 0 Å². The van der Waals surface area contributed by atoms with Crippen molar-refractivity contribution in [2.24, 2.45) is 0 Å². The molecule has 2 rings (SSSR count). The van der Waals surface area contributed by atoms with Gasteiger partial charge in [-0.15, -0.1) is 0 Å². The van der Waals surface area contributed by atoms with Crippen LogP contribution in [0.2, 0.25) is 0 Å². The highest BCUT2D eigenvalue weighted by molar-refractivity contribution is 7.91. The summed E-state index contributed by atoms with van der Waals surface area (Å²) in [7, 11) is 0.832. The second-order valence-electron chi connectivity index (χ2n) is 5.74. The van der Waals surface area contributed by atoms with Gasteiger partial charge in [-0.25, -0.2) is 8.42 Å². The Balaban J connectivity index is 1.96. The fourth-order valence-corrected chi connectivity index (χ4v) is 4.48. The van der Waals surface area contributed by atoms with Crippen LogP contribution < -0.4 is 4.74 Å². The molecule has 1 aliphatic heterocycles. The smallest absolute Gasteiger partial charge is 0.151 e. The molecule has 1 unspecified atom stereocenters. The molecule has 1 aromatic rings. The van der Waals surface area contributed by atoms with Crippen LogP contribution in [0.5, 0.6) is 5.75 Å². The van der Waals surface area contributed by atoms with E-state index in [-0.39, 0.29) is 6.04 Å². The van der Waals surface area contributed by atoms with Gasteiger partial charge in [-0.2, -0.15) is 0 Å². The van der Waals surface area contributed by atoms with Gasteiger partial charge < -0.3 is 4.74 Å². The number of hydrogen-bond donors (Lipinski definition) is 0. The normalized spacial score (nSPS) is 21.7. The lowest BCUT2D eigenvalue weighted by Gasteiger charge is -2.23. The SMILES string of the molecule is COc1ccc(/C=C(\C)CN(C)C2CCS(=O)(=O)C2)cc1. The Hall–Kier alpha value is -1.33. The summed E-state index contributed by atoms with van der Waals surface area (Å²) < 4.78 is 28.2. The van der Waals surface area contributed by atoms with Gasteiger partial charge in [-0.05, 0) is 38.1 Å². The van der Waals surface area contributed by atoms with Gasteiger partial charge in [0, 0.05) is 12.6 Å². The Morgan fingerprint density at radius 1 is 1.38 bits per heavy atom. The van der Waals surface area contributed by atoms with Crippen molar-refractivity contribution in [3.05, 3.63) is 35.4 Å². The quantitative estimate of drug-likeness (QED) is 0.837. The molecule has 0 saturated carbocycles. The third-order valence-corrected chi connectivity index (χ3v) is 5.61. The predicted molar refractivity (Wildman–Crippen MR) is 86.3 cm³/mol. The Labute approximate surface area is 127 Å². The van der Waals surface area contributed by atoms with E-state index in [9.17, 15) is 8.42 Å². The van der Waals surface area contributed by atoms with E-state index < -0.39 is 9.84 Å². The van der Waals surface area contributed by atoms with Gasteiger partial charge >= 0.3 is 0 Å². The summed E-state index contributed by atoms with van der Waals surface area (Å²) in [5.41, 5.74) is 2.34. The molecule has 116 valence electrons. The fraction of sp³-hybridized carbons (Fsp3) is 0.500. The van der Waals surface area contributed by atoms with Crippen LogP contribution in [-0.4, -0.2) is 51.6 Å². The van der Waals surface area contributed by atoms with Gasteiger partial charge in [0.15, 0.2) is 9.84 Å². The molecule has 21 heavy (non-hydrogen) atoms. The number of hydrogen-bond acceptors (Lipinski definition) is 4. The topological polar surface area (TPSA) is 46.6 Å². The molecule has 0 amide bonds. The van der Waals surface area contributed by atoms with Crippen molar-refractivity contribution in [1.29, 1.82) is 0 Å². The van der Waals surface area contributed by atoms with Crippen LogP contribution in [0.15, 0.2) is 29.8 Å². The number of nitrogens with zero attached hydrogens (tertiary/aromatic N) is 1. The minimum absolute atomic E-state index is 0.147. The molecule has 0 aliphatic carbocycles. The van der Waals surface area contributed by atoms with E-state index in [2.05, 4.69) is 17.9 Å². The molecular weight excluding hydrogens is 286 g/mol. The third-order valence-electron chi connectivity index (χ3n) is 3.86. The molecule has 0 bridgehead atoms. The number of rotatable bonds is 5. The zero-order valence-electron chi connectivity index (χ0n) is 12.9. The molecule has 4 nitrogen and oxygen atoms in total. The molecule has 0 N–H and O–H groups in total. The first-order chi connectivity index (χ1) is 9.89. The maximum absolute atomic E-state index is 11.5. The average Bonchev–Trinajstić information content (AvgIpc) is 2.80. The van der Waals surface area contributed by atoms with Crippen molar-refractivity contribution in [2.75, 3.05) is 32.2 Å².